The van der Waals surface area contributed by atoms with E-state index in [0.29, 0.717) is 23.7 Å². The van der Waals surface area contributed by atoms with Crippen molar-refractivity contribution in [3.8, 4) is 0 Å². The molecule has 4 aromatic carbocycles. The fourth-order valence-corrected chi connectivity index (χ4v) is 5.40. The van der Waals surface area contributed by atoms with Gasteiger partial charge in [-0.25, -0.2) is 40.7 Å². The average Bonchev–Trinajstić information content (AvgIpc) is 3.01. The number of nitrogens with zero attached hydrogens (tertiary/aromatic N) is 1. The molecule has 0 aromatic heterocycles. The molecule has 0 spiro atoms. The normalized spacial score (nSPS) is 11.3. The quantitative estimate of drug-likeness (QED) is 0.119. The fourth-order valence-electron chi connectivity index (χ4n) is 3.71. The number of ether oxygens (including phenoxy) is 1. The van der Waals surface area contributed by atoms with Crippen molar-refractivity contribution in [2.75, 3.05) is 43.6 Å². The zero-order valence-electron chi connectivity index (χ0n) is 27.1. The summed E-state index contributed by atoms with van der Waals surface area (Å²) in [5.74, 6) is -0.593. The maximum atomic E-state index is 11.7. The van der Waals surface area contributed by atoms with Crippen LogP contribution in [0.25, 0.3) is 0 Å². The van der Waals surface area contributed by atoms with Crippen molar-refractivity contribution in [2.24, 2.45) is 15.4 Å². The molecular formula is C31H39N7O9S3. The molecule has 0 saturated heterocycles. The zero-order chi connectivity index (χ0) is 37.5. The minimum atomic E-state index is -3.80. The molecule has 16 nitrogen and oxygen atoms in total. The summed E-state index contributed by atoms with van der Waals surface area (Å²) in [6.07, 6.45) is 0. The van der Waals surface area contributed by atoms with Crippen LogP contribution in [0.3, 0.4) is 0 Å². The lowest BCUT2D eigenvalue weighted by molar-refractivity contribution is -0.121. The molecule has 50 heavy (non-hydrogen) atoms. The van der Waals surface area contributed by atoms with E-state index in [2.05, 4.69) is 10.6 Å². The largest absolute Gasteiger partial charge is 0.399 e. The van der Waals surface area contributed by atoms with Gasteiger partial charge in [-0.1, -0.05) is 48.5 Å². The van der Waals surface area contributed by atoms with Gasteiger partial charge in [-0.15, -0.1) is 0 Å². The molecular weight excluding hydrogens is 711 g/mol. The van der Waals surface area contributed by atoms with E-state index in [-0.39, 0.29) is 39.7 Å². The van der Waals surface area contributed by atoms with Gasteiger partial charge >= 0.3 is 0 Å². The summed E-state index contributed by atoms with van der Waals surface area (Å²) in [5, 5.41) is 20.0. The zero-order valence-corrected chi connectivity index (χ0v) is 29.5. The van der Waals surface area contributed by atoms with Crippen molar-refractivity contribution in [1.82, 2.24) is 4.90 Å². The Morgan fingerprint density at radius 2 is 1.06 bits per heavy atom. The minimum absolute atomic E-state index is 0.0276. The molecule has 0 bridgehead atoms. The number of nitrogens with one attached hydrogen (secondary N) is 2. The standard InChI is InChI=1S/C15H16N2O4S.C10H15N3O3S.C6H8N2O2S/c16-22(19,20)14-8-4-7-13(9-14)17-15(18)11-21-10-12-5-2-1-3-6-12;1-13(2)7-10(14)12-8-4-3-5-9(6-8)17(11,15)16;7-5-2-1-3-6(4-5)11(8,9)10/h1-9H,10-11H2,(H,17,18)(H2,16,19,20);3-6H,7H2,1-2H3,(H,12,14)(H2,11,15,16);1-4H,7H2,(H2,8,9,10). The molecule has 10 N–H and O–H groups in total. The van der Waals surface area contributed by atoms with Crippen LogP contribution in [0, 0.1) is 0 Å². The molecule has 270 valence electrons. The number of nitrogens with two attached hydrogens (primary N) is 4. The summed E-state index contributed by atoms with van der Waals surface area (Å²) >= 11 is 0. The van der Waals surface area contributed by atoms with Crippen LogP contribution in [0.1, 0.15) is 5.56 Å². The maximum Gasteiger partial charge on any atom is 0.250 e. The number of carbonyl (C=O) groups is 2. The second kappa shape index (κ2) is 18.9. The van der Waals surface area contributed by atoms with E-state index in [1.165, 1.54) is 54.6 Å². The fraction of sp³-hybridized carbons (Fsp3) is 0.161. The minimum Gasteiger partial charge on any atom is -0.399 e. The second-order valence-corrected chi connectivity index (χ2v) is 15.3. The molecule has 2 amide bonds. The Balaban J connectivity index is 0.000000275. The number of anilines is 3. The smallest absolute Gasteiger partial charge is 0.250 e. The number of amides is 2. The molecule has 0 unspecified atom stereocenters. The molecule has 19 heteroatoms. The highest BCUT2D eigenvalue weighted by atomic mass is 32.2. The van der Waals surface area contributed by atoms with Crippen LogP contribution < -0.4 is 31.8 Å². The van der Waals surface area contributed by atoms with E-state index in [9.17, 15) is 34.8 Å². The first-order valence-corrected chi connectivity index (χ1v) is 18.9. The lowest BCUT2D eigenvalue weighted by atomic mass is 10.2. The number of likely N-dealkylation sites (N-methyl/N-ethyl adjacent to an activating group) is 1. The van der Waals surface area contributed by atoms with Gasteiger partial charge in [0.25, 0.3) is 0 Å². The summed E-state index contributed by atoms with van der Waals surface area (Å²) in [5.41, 5.74) is 7.44. The number of hydrogen-bond acceptors (Lipinski definition) is 11. The number of primary sulfonamides is 3. The molecule has 0 radical (unpaired) electrons. The van der Waals surface area contributed by atoms with Crippen molar-refractivity contribution in [2.45, 2.75) is 21.3 Å². The number of nitrogen functional groups attached to an aromatic ring is 1. The van der Waals surface area contributed by atoms with Crippen molar-refractivity contribution in [3.63, 3.8) is 0 Å². The van der Waals surface area contributed by atoms with Gasteiger partial charge in [0.2, 0.25) is 41.9 Å². The number of benzene rings is 4. The summed E-state index contributed by atoms with van der Waals surface area (Å²) < 4.78 is 71.4. The summed E-state index contributed by atoms with van der Waals surface area (Å²) in [6, 6.07) is 26.8. The van der Waals surface area contributed by atoms with Crippen LogP contribution in [-0.2, 0) is 51.0 Å². The Labute approximate surface area is 291 Å². The van der Waals surface area contributed by atoms with Crippen LogP contribution >= 0.6 is 0 Å². The van der Waals surface area contributed by atoms with E-state index in [1.54, 1.807) is 37.2 Å². The molecule has 4 rings (SSSR count). The maximum absolute atomic E-state index is 11.7. The third kappa shape index (κ3) is 16.1. The molecule has 0 fully saturated rings. The highest BCUT2D eigenvalue weighted by Gasteiger charge is 2.11. The van der Waals surface area contributed by atoms with Gasteiger partial charge in [-0.2, -0.15) is 0 Å². The number of hydrogen-bond donors (Lipinski definition) is 6. The van der Waals surface area contributed by atoms with E-state index in [0.717, 1.165) is 5.56 Å². The molecule has 0 aliphatic carbocycles. The van der Waals surface area contributed by atoms with Crippen molar-refractivity contribution in [3.05, 3.63) is 109 Å². The van der Waals surface area contributed by atoms with Gasteiger partial charge in [0.15, 0.2) is 0 Å². The highest BCUT2D eigenvalue weighted by Crippen LogP contribution is 2.15. The van der Waals surface area contributed by atoms with Gasteiger partial charge < -0.3 is 26.0 Å². The van der Waals surface area contributed by atoms with E-state index >= 15 is 0 Å². The van der Waals surface area contributed by atoms with Gasteiger partial charge in [0.1, 0.15) is 6.61 Å². The topological polar surface area (TPSA) is 277 Å². The van der Waals surface area contributed by atoms with Crippen molar-refractivity contribution in [1.29, 1.82) is 0 Å². The Bertz CT molecular complexity index is 2080. The average molecular weight is 750 g/mol. The molecule has 0 aliphatic rings. The van der Waals surface area contributed by atoms with Gasteiger partial charge in [0, 0.05) is 17.1 Å². The lowest BCUT2D eigenvalue weighted by Gasteiger charge is -2.10. The highest BCUT2D eigenvalue weighted by molar-refractivity contribution is 7.89. The summed E-state index contributed by atoms with van der Waals surface area (Å²) in [4.78, 5) is 24.9. The molecule has 0 atom stereocenters. The molecule has 0 heterocycles. The van der Waals surface area contributed by atoms with Gasteiger partial charge in [-0.3, -0.25) is 9.59 Å². The van der Waals surface area contributed by atoms with E-state index in [4.69, 9.17) is 25.9 Å². The first-order chi connectivity index (χ1) is 23.2. The Kier molecular flexibility index (Phi) is 15.6. The first-order valence-electron chi connectivity index (χ1n) is 14.2. The van der Waals surface area contributed by atoms with Crippen LogP contribution in [0.5, 0.6) is 0 Å². The van der Waals surface area contributed by atoms with Crippen LogP contribution in [0.2, 0.25) is 0 Å². The number of sulfonamides is 3. The van der Waals surface area contributed by atoms with Crippen molar-refractivity contribution < 1.29 is 39.6 Å². The van der Waals surface area contributed by atoms with E-state index < -0.39 is 30.1 Å². The van der Waals surface area contributed by atoms with E-state index in [1.807, 2.05) is 30.3 Å². The molecule has 0 aliphatic heterocycles. The summed E-state index contributed by atoms with van der Waals surface area (Å²) in [7, 11) is -7.62. The number of rotatable bonds is 11. The summed E-state index contributed by atoms with van der Waals surface area (Å²) in [6.45, 7) is 0.416. The second-order valence-electron chi connectivity index (χ2n) is 10.6. The Morgan fingerprint density at radius 3 is 1.48 bits per heavy atom. The van der Waals surface area contributed by atoms with Crippen LogP contribution in [0.15, 0.2) is 118 Å². The Morgan fingerprint density at radius 1 is 0.620 bits per heavy atom. The third-order valence-electron chi connectivity index (χ3n) is 5.88. The SMILES string of the molecule is CN(C)CC(=O)Nc1cccc(S(N)(=O)=O)c1.NS(=O)(=O)c1cccc(NC(=O)COCc2ccccc2)c1.Nc1cccc(S(N)(=O)=O)c1. The van der Waals surface area contributed by atoms with Gasteiger partial charge in [0.05, 0.1) is 27.8 Å². The predicted octanol–water partition coefficient (Wildman–Crippen LogP) is 1.24. The lowest BCUT2D eigenvalue weighted by Crippen LogP contribution is -2.27. The monoisotopic (exact) mass is 749 g/mol. The Hall–Kier alpha value is -4.73. The molecule has 0 saturated carbocycles. The van der Waals surface area contributed by atoms with Gasteiger partial charge in [-0.05, 0) is 74.3 Å². The number of carbonyl (C=O) groups excluding carboxylic acids is 2. The van der Waals surface area contributed by atoms with Crippen LogP contribution in [-0.4, -0.2) is 69.2 Å². The third-order valence-corrected chi connectivity index (χ3v) is 8.62. The first kappa shape index (κ1) is 41.4. The van der Waals surface area contributed by atoms with Crippen LogP contribution in [0.4, 0.5) is 17.1 Å². The van der Waals surface area contributed by atoms with Crippen molar-refractivity contribution >= 4 is 58.9 Å². The molecule has 4 aromatic rings. The predicted molar refractivity (Wildman–Crippen MR) is 190 cm³/mol.